The van der Waals surface area contributed by atoms with Crippen LogP contribution in [0.25, 0.3) is 5.70 Å². The fourth-order valence-corrected chi connectivity index (χ4v) is 2.92. The van der Waals surface area contributed by atoms with Gasteiger partial charge >= 0.3 is 0 Å². The number of rotatable bonds is 3. The van der Waals surface area contributed by atoms with Gasteiger partial charge in [0, 0.05) is 17.8 Å². The van der Waals surface area contributed by atoms with Crippen molar-refractivity contribution in [1.82, 2.24) is 4.57 Å². The molecule has 25 heavy (non-hydrogen) atoms. The summed E-state index contributed by atoms with van der Waals surface area (Å²) in [6.45, 7) is 8.24. The van der Waals surface area contributed by atoms with Crippen LogP contribution >= 0.6 is 0 Å². The second-order valence-corrected chi connectivity index (χ2v) is 6.41. The van der Waals surface area contributed by atoms with Gasteiger partial charge in [0.15, 0.2) is 0 Å². The maximum atomic E-state index is 12.7. The second-order valence-electron chi connectivity index (χ2n) is 6.41. The molecule has 0 N–H and O–H groups in total. The van der Waals surface area contributed by atoms with Crippen LogP contribution in [0.4, 0.5) is 0 Å². The Morgan fingerprint density at radius 2 is 2.04 bits per heavy atom. The maximum Gasteiger partial charge on any atom is 0.258 e. The molecule has 0 atom stereocenters. The van der Waals surface area contributed by atoms with Crippen LogP contribution in [-0.4, -0.2) is 16.8 Å². The van der Waals surface area contributed by atoms with Crippen LogP contribution < -0.4 is 15.0 Å². The Balaban J connectivity index is 2.26. The standard InChI is InChI=1S/C20H20N2O3/c1-5-24-15-8-9-22(18(23)11-15)19-13(2)20(3,4)25-17-7-6-14(12-21)10-16(17)19/h6-11H,5H2,1-4H3. The number of ether oxygens (including phenoxy) is 2. The third-order valence-electron chi connectivity index (χ3n) is 4.43. The summed E-state index contributed by atoms with van der Waals surface area (Å²) in [7, 11) is 0. The first kappa shape index (κ1) is 16.8. The van der Waals surface area contributed by atoms with Crippen molar-refractivity contribution in [2.24, 2.45) is 0 Å². The molecule has 1 aliphatic rings. The molecule has 1 aromatic carbocycles. The van der Waals surface area contributed by atoms with Gasteiger partial charge in [-0.1, -0.05) is 0 Å². The largest absolute Gasteiger partial charge is 0.494 e. The Morgan fingerprint density at radius 1 is 1.28 bits per heavy atom. The van der Waals surface area contributed by atoms with Crippen molar-refractivity contribution in [3.05, 3.63) is 63.6 Å². The van der Waals surface area contributed by atoms with Crippen molar-refractivity contribution in [2.75, 3.05) is 6.61 Å². The molecule has 0 amide bonds. The smallest absolute Gasteiger partial charge is 0.258 e. The highest BCUT2D eigenvalue weighted by atomic mass is 16.5. The molecule has 5 heteroatoms. The highest BCUT2D eigenvalue weighted by Crippen LogP contribution is 2.41. The van der Waals surface area contributed by atoms with E-state index in [4.69, 9.17) is 9.47 Å². The van der Waals surface area contributed by atoms with E-state index in [1.54, 1.807) is 35.0 Å². The molecule has 2 aromatic rings. The summed E-state index contributed by atoms with van der Waals surface area (Å²) in [5.41, 5.74) is 2.17. The van der Waals surface area contributed by atoms with Gasteiger partial charge in [-0.2, -0.15) is 5.26 Å². The molecule has 0 unspecified atom stereocenters. The predicted molar refractivity (Wildman–Crippen MR) is 95.7 cm³/mol. The summed E-state index contributed by atoms with van der Waals surface area (Å²) in [5, 5.41) is 9.22. The number of aromatic nitrogens is 1. The normalized spacial score (nSPS) is 15.2. The zero-order valence-electron chi connectivity index (χ0n) is 14.8. The summed E-state index contributed by atoms with van der Waals surface area (Å²) in [4.78, 5) is 12.7. The van der Waals surface area contributed by atoms with Crippen molar-refractivity contribution in [2.45, 2.75) is 33.3 Å². The van der Waals surface area contributed by atoms with Crippen molar-refractivity contribution < 1.29 is 9.47 Å². The molecule has 1 aliphatic heterocycles. The number of benzene rings is 1. The van der Waals surface area contributed by atoms with Crippen molar-refractivity contribution in [3.63, 3.8) is 0 Å². The average Bonchev–Trinajstić information content (AvgIpc) is 2.57. The number of pyridine rings is 1. The summed E-state index contributed by atoms with van der Waals surface area (Å²) in [6, 6.07) is 10.6. The molecule has 1 aromatic heterocycles. The van der Waals surface area contributed by atoms with E-state index < -0.39 is 5.60 Å². The third kappa shape index (κ3) is 2.91. The molecule has 128 valence electrons. The molecule has 0 radical (unpaired) electrons. The van der Waals surface area contributed by atoms with Gasteiger partial charge in [-0.05, 0) is 57.5 Å². The van der Waals surface area contributed by atoms with E-state index in [1.807, 2.05) is 27.7 Å². The van der Waals surface area contributed by atoms with Gasteiger partial charge in [-0.3, -0.25) is 9.36 Å². The minimum Gasteiger partial charge on any atom is -0.494 e. The van der Waals surface area contributed by atoms with E-state index in [2.05, 4.69) is 6.07 Å². The van der Waals surface area contributed by atoms with Crippen molar-refractivity contribution in [3.8, 4) is 17.6 Å². The summed E-state index contributed by atoms with van der Waals surface area (Å²) in [6.07, 6.45) is 1.70. The Labute approximate surface area is 146 Å². The van der Waals surface area contributed by atoms with Crippen LogP contribution in [0.5, 0.6) is 11.5 Å². The minimum absolute atomic E-state index is 0.189. The Bertz CT molecular complexity index is 962. The summed E-state index contributed by atoms with van der Waals surface area (Å²) >= 11 is 0. The van der Waals surface area contributed by atoms with Gasteiger partial charge < -0.3 is 9.47 Å². The number of hydrogen-bond donors (Lipinski definition) is 0. The van der Waals surface area contributed by atoms with E-state index in [-0.39, 0.29) is 5.56 Å². The van der Waals surface area contributed by atoms with Crippen LogP contribution in [0.1, 0.15) is 38.8 Å². The predicted octanol–water partition coefficient (Wildman–Crippen LogP) is 3.57. The SMILES string of the molecule is CCOc1ccn(C2=C(C)C(C)(C)Oc3ccc(C#N)cc32)c(=O)c1. The quantitative estimate of drug-likeness (QED) is 0.859. The number of fused-ring (bicyclic) bond motifs is 1. The fraction of sp³-hybridized carbons (Fsp3) is 0.300. The molecule has 0 saturated heterocycles. The zero-order chi connectivity index (χ0) is 18.2. The lowest BCUT2D eigenvalue weighted by Gasteiger charge is -2.36. The van der Waals surface area contributed by atoms with Crippen LogP contribution in [0.2, 0.25) is 0 Å². The van der Waals surface area contributed by atoms with E-state index in [0.29, 0.717) is 23.7 Å². The van der Waals surface area contributed by atoms with Crippen molar-refractivity contribution in [1.29, 1.82) is 5.26 Å². The monoisotopic (exact) mass is 336 g/mol. The molecular weight excluding hydrogens is 316 g/mol. The fourth-order valence-electron chi connectivity index (χ4n) is 2.92. The van der Waals surface area contributed by atoms with E-state index in [9.17, 15) is 10.1 Å². The van der Waals surface area contributed by atoms with E-state index in [1.165, 1.54) is 6.07 Å². The first-order valence-electron chi connectivity index (χ1n) is 8.18. The Hall–Kier alpha value is -3.00. The molecule has 3 rings (SSSR count). The molecular formula is C20H20N2O3. The van der Waals surface area contributed by atoms with Gasteiger partial charge in [-0.25, -0.2) is 0 Å². The molecule has 0 saturated carbocycles. The summed E-state index contributed by atoms with van der Waals surface area (Å²) in [5.74, 6) is 1.20. The number of nitrogens with zero attached hydrogens (tertiary/aromatic N) is 2. The Kier molecular flexibility index (Phi) is 4.13. The molecule has 0 aliphatic carbocycles. The summed E-state index contributed by atoms with van der Waals surface area (Å²) < 4.78 is 13.1. The lowest BCUT2D eigenvalue weighted by Crippen LogP contribution is -2.36. The van der Waals surface area contributed by atoms with E-state index >= 15 is 0 Å². The van der Waals surface area contributed by atoms with Crippen LogP contribution in [-0.2, 0) is 0 Å². The highest BCUT2D eigenvalue weighted by molar-refractivity contribution is 5.77. The van der Waals surface area contributed by atoms with E-state index in [0.717, 1.165) is 16.8 Å². The van der Waals surface area contributed by atoms with Crippen LogP contribution in [0, 0.1) is 11.3 Å². The topological polar surface area (TPSA) is 64.2 Å². The van der Waals surface area contributed by atoms with Gasteiger partial charge in [0.05, 0.1) is 23.9 Å². The van der Waals surface area contributed by atoms with Gasteiger partial charge in [0.2, 0.25) is 0 Å². The van der Waals surface area contributed by atoms with Crippen LogP contribution in [0.3, 0.4) is 0 Å². The molecule has 2 heterocycles. The third-order valence-corrected chi connectivity index (χ3v) is 4.43. The number of hydrogen-bond acceptors (Lipinski definition) is 4. The van der Waals surface area contributed by atoms with Crippen LogP contribution in [0.15, 0.2) is 46.9 Å². The first-order valence-corrected chi connectivity index (χ1v) is 8.18. The molecule has 0 fully saturated rings. The average molecular weight is 336 g/mol. The lowest BCUT2D eigenvalue weighted by molar-refractivity contribution is 0.143. The number of nitriles is 1. The maximum absolute atomic E-state index is 12.7. The molecule has 0 spiro atoms. The van der Waals surface area contributed by atoms with Gasteiger partial charge in [0.25, 0.3) is 5.56 Å². The Morgan fingerprint density at radius 3 is 2.68 bits per heavy atom. The first-order chi connectivity index (χ1) is 11.9. The molecule has 0 bridgehead atoms. The lowest BCUT2D eigenvalue weighted by atomic mass is 9.90. The van der Waals surface area contributed by atoms with Gasteiger partial charge in [0.1, 0.15) is 17.1 Å². The second kappa shape index (κ2) is 6.14. The zero-order valence-corrected chi connectivity index (χ0v) is 14.8. The van der Waals surface area contributed by atoms with Gasteiger partial charge in [-0.15, -0.1) is 0 Å². The molecule has 5 nitrogen and oxygen atoms in total. The van der Waals surface area contributed by atoms with Crippen molar-refractivity contribution >= 4 is 5.70 Å². The minimum atomic E-state index is -0.561. The highest BCUT2D eigenvalue weighted by Gasteiger charge is 2.33.